The van der Waals surface area contributed by atoms with Gasteiger partial charge < -0.3 is 15.9 Å². The highest BCUT2D eigenvalue weighted by Gasteiger charge is 2.09. The molecule has 13 heavy (non-hydrogen) atoms. The van der Waals surface area contributed by atoms with E-state index in [2.05, 4.69) is 0 Å². The molecule has 0 amide bonds. The molecule has 1 atom stereocenters. The van der Waals surface area contributed by atoms with E-state index in [1.165, 1.54) is 6.07 Å². The number of phenols is 2. The fourth-order valence-corrected chi connectivity index (χ4v) is 1.10. The summed E-state index contributed by atoms with van der Waals surface area (Å²) in [5.41, 5.74) is 5.78. The lowest BCUT2D eigenvalue weighted by Gasteiger charge is -2.07. The van der Waals surface area contributed by atoms with Gasteiger partial charge in [0.25, 0.3) is 0 Å². The average molecular weight is 184 g/mol. The van der Waals surface area contributed by atoms with E-state index in [-0.39, 0.29) is 11.8 Å². The van der Waals surface area contributed by atoms with E-state index in [4.69, 9.17) is 15.9 Å². The van der Waals surface area contributed by atoms with E-state index in [0.717, 1.165) is 6.07 Å². The average Bonchev–Trinajstić information content (AvgIpc) is 1.99. The van der Waals surface area contributed by atoms with E-state index in [1.54, 1.807) is 6.92 Å². The molecule has 4 heteroatoms. The first-order valence-electron chi connectivity index (χ1n) is 3.96. The Hall–Kier alpha value is -1.29. The molecular weight excluding hydrogens is 172 g/mol. The lowest BCUT2D eigenvalue weighted by Crippen LogP contribution is -2.18. The fraction of sp³-hybridized carbons (Fsp3) is 0.333. The molecule has 0 bridgehead atoms. The van der Waals surface area contributed by atoms with Crippen molar-refractivity contribution in [3.63, 3.8) is 0 Å². The standard InChI is InChI=1S/C9H12FNO2/c1-5(11)2-6-3-8(12)9(13)4-7(6)10/h3-5,12-13H,2,11H2,1H3/t5-/m1/s1/i10-1. The maximum absolute atomic E-state index is 13.1. The summed E-state index contributed by atoms with van der Waals surface area (Å²) in [5.74, 6) is -1.32. The van der Waals surface area contributed by atoms with Gasteiger partial charge in [0.05, 0.1) is 0 Å². The highest BCUT2D eigenvalue weighted by Crippen LogP contribution is 2.27. The van der Waals surface area contributed by atoms with Crippen molar-refractivity contribution in [2.45, 2.75) is 19.4 Å². The minimum Gasteiger partial charge on any atom is -0.504 e. The van der Waals surface area contributed by atoms with Gasteiger partial charge in [-0.3, -0.25) is 0 Å². The lowest BCUT2D eigenvalue weighted by atomic mass is 10.1. The van der Waals surface area contributed by atoms with Gasteiger partial charge in [-0.05, 0) is 25.0 Å². The third kappa shape index (κ3) is 2.32. The molecule has 1 aromatic rings. The first kappa shape index (κ1) is 9.80. The van der Waals surface area contributed by atoms with Gasteiger partial charge >= 0.3 is 0 Å². The van der Waals surface area contributed by atoms with Gasteiger partial charge in [0.2, 0.25) is 0 Å². The van der Waals surface area contributed by atoms with Gasteiger partial charge in [-0.25, -0.2) is 4.39 Å². The lowest BCUT2D eigenvalue weighted by molar-refractivity contribution is 0.398. The number of hydrogen-bond acceptors (Lipinski definition) is 3. The Balaban J connectivity index is 3.01. The predicted molar refractivity (Wildman–Crippen MR) is 47.1 cm³/mol. The molecule has 0 saturated carbocycles. The van der Waals surface area contributed by atoms with Gasteiger partial charge in [0, 0.05) is 12.1 Å². The monoisotopic (exact) mass is 184 g/mol. The van der Waals surface area contributed by atoms with Crippen molar-refractivity contribution < 1.29 is 14.6 Å². The van der Waals surface area contributed by atoms with Gasteiger partial charge in [-0.2, -0.15) is 0 Å². The number of phenolic OH excluding ortho intramolecular Hbond substituents is 2. The van der Waals surface area contributed by atoms with E-state index >= 15 is 0 Å². The molecule has 0 heterocycles. The topological polar surface area (TPSA) is 66.5 Å². The molecule has 1 aromatic carbocycles. The van der Waals surface area contributed by atoms with Crippen molar-refractivity contribution in [2.75, 3.05) is 0 Å². The number of halogens is 1. The van der Waals surface area contributed by atoms with Crippen LogP contribution >= 0.6 is 0 Å². The predicted octanol–water partition coefficient (Wildman–Crippen LogP) is 1.13. The largest absolute Gasteiger partial charge is 0.504 e. The van der Waals surface area contributed by atoms with E-state index in [0.29, 0.717) is 12.0 Å². The van der Waals surface area contributed by atoms with Crippen molar-refractivity contribution >= 4 is 0 Å². The van der Waals surface area contributed by atoms with Gasteiger partial charge in [0.15, 0.2) is 11.5 Å². The molecule has 0 aliphatic rings. The fourth-order valence-electron chi connectivity index (χ4n) is 1.10. The Labute approximate surface area is 75.6 Å². The summed E-state index contributed by atoms with van der Waals surface area (Å²) in [6.07, 6.45) is 0.333. The minimum atomic E-state index is -0.549. The quantitative estimate of drug-likeness (QED) is 0.603. The SMILES string of the molecule is C[C@@H](N)Cc1cc(O)c(O)cc1[18F]. The molecule has 0 radical (unpaired) electrons. The third-order valence-electron chi connectivity index (χ3n) is 1.69. The Bertz CT molecular complexity index is 313. The smallest absolute Gasteiger partial charge is 0.160 e. The minimum absolute atomic E-state index is 0.182. The number of hydrogen-bond donors (Lipinski definition) is 3. The Kier molecular flexibility index (Phi) is 2.72. The molecule has 72 valence electrons. The summed E-state index contributed by atoms with van der Waals surface area (Å²) in [4.78, 5) is 0. The normalized spacial score (nSPS) is 12.8. The van der Waals surface area contributed by atoms with Crippen LogP contribution in [0.2, 0.25) is 0 Å². The van der Waals surface area contributed by atoms with E-state index < -0.39 is 11.6 Å². The van der Waals surface area contributed by atoms with Crippen molar-refractivity contribution in [1.82, 2.24) is 0 Å². The molecule has 0 unspecified atom stereocenters. The molecule has 1 rings (SSSR count). The highest BCUT2D eigenvalue weighted by molar-refractivity contribution is 5.41. The third-order valence-corrected chi connectivity index (χ3v) is 1.69. The number of benzene rings is 1. The van der Waals surface area contributed by atoms with Crippen molar-refractivity contribution in [1.29, 1.82) is 0 Å². The van der Waals surface area contributed by atoms with Crippen LogP contribution in [0.25, 0.3) is 0 Å². The van der Waals surface area contributed by atoms with E-state index in [9.17, 15) is 4.39 Å². The van der Waals surface area contributed by atoms with Crippen LogP contribution in [-0.2, 0) is 6.42 Å². The van der Waals surface area contributed by atoms with Gasteiger partial charge in [-0.1, -0.05) is 0 Å². The van der Waals surface area contributed by atoms with Gasteiger partial charge in [-0.15, -0.1) is 0 Å². The van der Waals surface area contributed by atoms with Crippen LogP contribution in [0.5, 0.6) is 11.5 Å². The van der Waals surface area contributed by atoms with Crippen molar-refractivity contribution in [2.24, 2.45) is 5.73 Å². The highest BCUT2D eigenvalue weighted by atomic mass is 18.2. The Morgan fingerprint density at radius 3 is 2.46 bits per heavy atom. The van der Waals surface area contributed by atoms with Crippen molar-refractivity contribution in [3.05, 3.63) is 23.5 Å². The van der Waals surface area contributed by atoms with Crippen LogP contribution in [0.1, 0.15) is 12.5 Å². The summed E-state index contributed by atoms with van der Waals surface area (Å²) < 4.78 is 13.1. The van der Waals surface area contributed by atoms with Crippen LogP contribution in [0.3, 0.4) is 0 Å². The van der Waals surface area contributed by atoms with Crippen LogP contribution in [0.4, 0.5) is 4.39 Å². The van der Waals surface area contributed by atoms with Crippen molar-refractivity contribution in [3.8, 4) is 11.5 Å². The second-order valence-corrected chi connectivity index (χ2v) is 3.11. The Morgan fingerprint density at radius 2 is 1.92 bits per heavy atom. The summed E-state index contributed by atoms with van der Waals surface area (Å²) in [6.45, 7) is 1.74. The molecule has 0 saturated heterocycles. The molecule has 0 fully saturated rings. The zero-order valence-corrected chi connectivity index (χ0v) is 7.29. The van der Waals surface area contributed by atoms with Crippen LogP contribution in [0, 0.1) is 5.82 Å². The molecule has 4 N–H and O–H groups in total. The maximum Gasteiger partial charge on any atom is 0.160 e. The molecular formula is C9H12FNO2. The van der Waals surface area contributed by atoms with E-state index in [1.807, 2.05) is 0 Å². The molecule has 0 aliphatic heterocycles. The van der Waals surface area contributed by atoms with Crippen LogP contribution in [-0.4, -0.2) is 16.3 Å². The molecule has 0 spiro atoms. The van der Waals surface area contributed by atoms with Crippen LogP contribution < -0.4 is 5.73 Å². The van der Waals surface area contributed by atoms with Crippen LogP contribution in [0.15, 0.2) is 12.1 Å². The number of rotatable bonds is 2. The summed E-state index contributed by atoms with van der Waals surface area (Å²) in [5, 5.41) is 18.0. The first-order chi connectivity index (χ1) is 6.00. The number of aromatic hydroxyl groups is 2. The second-order valence-electron chi connectivity index (χ2n) is 3.11. The Morgan fingerprint density at radius 1 is 1.38 bits per heavy atom. The number of nitrogens with two attached hydrogens (primary N) is 1. The van der Waals surface area contributed by atoms with Gasteiger partial charge in [0.1, 0.15) is 5.82 Å². The molecule has 0 aliphatic carbocycles. The second kappa shape index (κ2) is 3.62. The maximum atomic E-state index is 13.1. The zero-order chi connectivity index (χ0) is 10.0. The summed E-state index contributed by atoms with van der Waals surface area (Å²) in [7, 11) is 0. The summed E-state index contributed by atoms with van der Waals surface area (Å²) in [6, 6.07) is 1.89. The zero-order valence-electron chi connectivity index (χ0n) is 7.29. The molecule has 3 nitrogen and oxygen atoms in total. The summed E-state index contributed by atoms with van der Waals surface area (Å²) >= 11 is 0. The molecule has 0 aromatic heterocycles. The first-order valence-corrected chi connectivity index (χ1v) is 3.96.